The second kappa shape index (κ2) is 3.01. The number of aliphatic carboxylic acids is 1. The van der Waals surface area contributed by atoms with E-state index < -0.39 is 5.97 Å². The smallest absolute Gasteiger partial charge is 0.303 e. The van der Waals surface area contributed by atoms with Crippen molar-refractivity contribution < 1.29 is 14.6 Å². The summed E-state index contributed by atoms with van der Waals surface area (Å²) in [4.78, 5) is 10.2. The lowest BCUT2D eigenvalue weighted by Crippen LogP contribution is -2.34. The first-order chi connectivity index (χ1) is 4.74. The first-order valence-electron chi connectivity index (χ1n) is 3.48. The number of hydrogen-bond acceptors (Lipinski definition) is 2. The molecule has 0 spiro atoms. The Morgan fingerprint density at radius 2 is 2.40 bits per heavy atom. The third-order valence-corrected chi connectivity index (χ3v) is 2.09. The monoisotopic (exact) mass is 144 g/mol. The predicted molar refractivity (Wildman–Crippen MR) is 35.8 cm³/mol. The average molecular weight is 144 g/mol. The van der Waals surface area contributed by atoms with E-state index in [9.17, 15) is 4.79 Å². The van der Waals surface area contributed by atoms with Crippen LogP contribution in [0, 0.1) is 5.92 Å². The van der Waals surface area contributed by atoms with Gasteiger partial charge in [-0.1, -0.05) is 0 Å². The molecule has 0 aromatic rings. The van der Waals surface area contributed by atoms with Gasteiger partial charge in [0, 0.05) is 7.11 Å². The topological polar surface area (TPSA) is 46.5 Å². The van der Waals surface area contributed by atoms with Crippen molar-refractivity contribution >= 4 is 5.97 Å². The maximum absolute atomic E-state index is 10.2. The molecule has 0 amide bonds. The lowest BCUT2D eigenvalue weighted by molar-refractivity contribution is -0.141. The highest BCUT2D eigenvalue weighted by Crippen LogP contribution is 2.32. The molecule has 1 aliphatic rings. The zero-order valence-electron chi connectivity index (χ0n) is 6.04. The highest BCUT2D eigenvalue weighted by atomic mass is 16.5. The van der Waals surface area contributed by atoms with Gasteiger partial charge >= 0.3 is 5.97 Å². The summed E-state index contributed by atoms with van der Waals surface area (Å²) >= 11 is 0. The minimum atomic E-state index is -0.716. The molecule has 0 heterocycles. The molecule has 1 aliphatic carbocycles. The number of hydrogen-bond donors (Lipinski definition) is 1. The largest absolute Gasteiger partial charge is 0.481 e. The van der Waals surface area contributed by atoms with Gasteiger partial charge in [0.25, 0.3) is 0 Å². The van der Waals surface area contributed by atoms with E-state index in [1.165, 1.54) is 0 Å². The van der Waals surface area contributed by atoms with Crippen LogP contribution < -0.4 is 0 Å². The van der Waals surface area contributed by atoms with E-state index in [1.54, 1.807) is 7.11 Å². The summed E-state index contributed by atoms with van der Waals surface area (Å²) < 4.78 is 5.04. The molecule has 0 aromatic heterocycles. The van der Waals surface area contributed by atoms with E-state index in [1.807, 2.05) is 0 Å². The Kier molecular flexibility index (Phi) is 2.27. The fourth-order valence-corrected chi connectivity index (χ4v) is 1.31. The number of carbonyl (C=O) groups is 1. The quantitative estimate of drug-likeness (QED) is 0.639. The lowest BCUT2D eigenvalue weighted by Gasteiger charge is -2.34. The van der Waals surface area contributed by atoms with Crippen molar-refractivity contribution in [1.82, 2.24) is 0 Å². The Morgan fingerprint density at radius 3 is 2.70 bits per heavy atom. The fourth-order valence-electron chi connectivity index (χ4n) is 1.31. The average Bonchev–Trinajstić information content (AvgIpc) is 1.82. The van der Waals surface area contributed by atoms with Gasteiger partial charge in [0.2, 0.25) is 0 Å². The molecule has 0 aromatic carbocycles. The standard InChI is InChI=1S/C7H12O3/c1-10-6-3-2-5(6)4-7(8)9/h5-6H,2-4H2,1H3,(H,8,9). The van der Waals surface area contributed by atoms with Crippen molar-refractivity contribution in [2.75, 3.05) is 7.11 Å². The normalized spacial score (nSPS) is 31.3. The number of rotatable bonds is 3. The SMILES string of the molecule is COC1CCC1CC(=O)O. The van der Waals surface area contributed by atoms with Crippen molar-refractivity contribution in [2.45, 2.75) is 25.4 Å². The highest BCUT2D eigenvalue weighted by molar-refractivity contribution is 5.67. The highest BCUT2D eigenvalue weighted by Gasteiger charge is 2.32. The molecule has 1 fully saturated rings. The van der Waals surface area contributed by atoms with Gasteiger partial charge in [-0.25, -0.2) is 0 Å². The zero-order chi connectivity index (χ0) is 7.56. The van der Waals surface area contributed by atoms with Crippen LogP contribution in [0.4, 0.5) is 0 Å². The summed E-state index contributed by atoms with van der Waals surface area (Å²) in [5.74, 6) is -0.450. The maximum Gasteiger partial charge on any atom is 0.303 e. The van der Waals surface area contributed by atoms with Gasteiger partial charge in [0.05, 0.1) is 12.5 Å². The van der Waals surface area contributed by atoms with Gasteiger partial charge in [-0.15, -0.1) is 0 Å². The third-order valence-electron chi connectivity index (χ3n) is 2.09. The van der Waals surface area contributed by atoms with Crippen LogP contribution in [0.2, 0.25) is 0 Å². The number of ether oxygens (including phenoxy) is 1. The predicted octanol–water partition coefficient (Wildman–Crippen LogP) is 0.886. The summed E-state index contributed by atoms with van der Waals surface area (Å²) in [6.07, 6.45) is 2.49. The minimum Gasteiger partial charge on any atom is -0.481 e. The third kappa shape index (κ3) is 1.48. The molecule has 1 saturated carbocycles. The Bertz CT molecular complexity index is 131. The van der Waals surface area contributed by atoms with Gasteiger partial charge < -0.3 is 9.84 Å². The molecule has 1 N–H and O–H groups in total. The second-order valence-corrected chi connectivity index (χ2v) is 2.71. The number of carboxylic acids is 1. The molecule has 58 valence electrons. The molecule has 3 heteroatoms. The summed E-state index contributed by atoms with van der Waals surface area (Å²) in [5, 5.41) is 8.41. The van der Waals surface area contributed by atoms with Gasteiger partial charge in [-0.05, 0) is 18.8 Å². The molecular formula is C7H12O3. The zero-order valence-corrected chi connectivity index (χ0v) is 6.04. The Balaban J connectivity index is 2.23. The van der Waals surface area contributed by atoms with E-state index in [0.29, 0.717) is 0 Å². The van der Waals surface area contributed by atoms with Crippen LogP contribution in [0.15, 0.2) is 0 Å². The van der Waals surface area contributed by atoms with Gasteiger partial charge in [-0.3, -0.25) is 4.79 Å². The minimum absolute atomic E-state index is 0.205. The first kappa shape index (κ1) is 7.54. The Labute approximate surface area is 60.0 Å². The molecule has 2 atom stereocenters. The van der Waals surface area contributed by atoms with E-state index in [-0.39, 0.29) is 18.4 Å². The molecule has 0 radical (unpaired) electrons. The summed E-state index contributed by atoms with van der Waals surface area (Å²) in [5.41, 5.74) is 0. The molecule has 3 nitrogen and oxygen atoms in total. The molecule has 0 saturated heterocycles. The molecular weight excluding hydrogens is 132 g/mol. The van der Waals surface area contributed by atoms with Crippen LogP contribution in [0.3, 0.4) is 0 Å². The second-order valence-electron chi connectivity index (χ2n) is 2.71. The van der Waals surface area contributed by atoms with Crippen molar-refractivity contribution in [2.24, 2.45) is 5.92 Å². The van der Waals surface area contributed by atoms with E-state index in [0.717, 1.165) is 12.8 Å². The van der Waals surface area contributed by atoms with E-state index in [4.69, 9.17) is 9.84 Å². The number of carboxylic acid groups (broad SMARTS) is 1. The first-order valence-corrected chi connectivity index (χ1v) is 3.48. The van der Waals surface area contributed by atoms with E-state index in [2.05, 4.69) is 0 Å². The van der Waals surface area contributed by atoms with Crippen molar-refractivity contribution in [3.63, 3.8) is 0 Å². The summed E-state index contributed by atoms with van der Waals surface area (Å²) in [6, 6.07) is 0. The lowest BCUT2D eigenvalue weighted by atomic mass is 9.79. The summed E-state index contributed by atoms with van der Waals surface area (Å²) in [7, 11) is 1.64. The molecule has 1 rings (SSSR count). The fraction of sp³-hybridized carbons (Fsp3) is 0.857. The van der Waals surface area contributed by atoms with Crippen molar-refractivity contribution in [3.05, 3.63) is 0 Å². The molecule has 10 heavy (non-hydrogen) atoms. The van der Waals surface area contributed by atoms with Gasteiger partial charge in [0.15, 0.2) is 0 Å². The maximum atomic E-state index is 10.2. The van der Waals surface area contributed by atoms with Crippen LogP contribution in [-0.2, 0) is 9.53 Å². The van der Waals surface area contributed by atoms with Crippen molar-refractivity contribution in [1.29, 1.82) is 0 Å². The van der Waals surface area contributed by atoms with Crippen LogP contribution in [0.1, 0.15) is 19.3 Å². The van der Waals surface area contributed by atoms with Crippen LogP contribution in [-0.4, -0.2) is 24.3 Å². The molecule has 0 bridgehead atoms. The molecule has 0 aliphatic heterocycles. The number of methoxy groups -OCH3 is 1. The Morgan fingerprint density at radius 1 is 1.70 bits per heavy atom. The summed E-state index contributed by atoms with van der Waals surface area (Å²) in [6.45, 7) is 0. The van der Waals surface area contributed by atoms with Crippen LogP contribution in [0.5, 0.6) is 0 Å². The van der Waals surface area contributed by atoms with Gasteiger partial charge in [-0.2, -0.15) is 0 Å². The van der Waals surface area contributed by atoms with Crippen LogP contribution >= 0.6 is 0 Å². The Hall–Kier alpha value is -0.570. The van der Waals surface area contributed by atoms with Crippen molar-refractivity contribution in [3.8, 4) is 0 Å². The van der Waals surface area contributed by atoms with Gasteiger partial charge in [0.1, 0.15) is 0 Å². The molecule has 2 unspecified atom stereocenters. The van der Waals surface area contributed by atoms with E-state index >= 15 is 0 Å². The van der Waals surface area contributed by atoms with Crippen LogP contribution in [0.25, 0.3) is 0 Å².